The highest BCUT2D eigenvalue weighted by molar-refractivity contribution is 9.10. The van der Waals surface area contributed by atoms with E-state index in [9.17, 15) is 14.0 Å². The highest BCUT2D eigenvalue weighted by Crippen LogP contribution is 2.22. The number of benzene rings is 2. The fourth-order valence-electron chi connectivity index (χ4n) is 2.80. The second kappa shape index (κ2) is 10.1. The number of thioether (sulfide) groups is 1. The first-order chi connectivity index (χ1) is 14.0. The van der Waals surface area contributed by atoms with E-state index in [2.05, 4.69) is 20.9 Å². The minimum Gasteiger partial charge on any atom is -0.382 e. The summed E-state index contributed by atoms with van der Waals surface area (Å²) in [5, 5.41) is 1.00. The van der Waals surface area contributed by atoms with Gasteiger partial charge < -0.3 is 4.74 Å². The number of ketones is 1. The Labute approximate surface area is 180 Å². The van der Waals surface area contributed by atoms with Crippen LogP contribution >= 0.6 is 27.7 Å². The highest BCUT2D eigenvalue weighted by atomic mass is 79.9. The number of fused-ring (bicyclic) bond motifs is 1. The Bertz CT molecular complexity index is 1070. The average Bonchev–Trinajstić information content (AvgIpc) is 2.72. The SMILES string of the molecule is CCOCCCn1c(SCC(=O)c2ccc(F)cc2)nc2ccc(Br)cc2c1=O. The van der Waals surface area contributed by atoms with Gasteiger partial charge in [0, 0.05) is 29.8 Å². The largest absolute Gasteiger partial charge is 0.382 e. The molecule has 0 aliphatic rings. The van der Waals surface area contributed by atoms with Gasteiger partial charge in [-0.3, -0.25) is 14.2 Å². The van der Waals surface area contributed by atoms with Crippen LogP contribution in [0.4, 0.5) is 4.39 Å². The zero-order chi connectivity index (χ0) is 20.8. The van der Waals surface area contributed by atoms with Gasteiger partial charge in [0.15, 0.2) is 10.9 Å². The monoisotopic (exact) mass is 478 g/mol. The number of nitrogens with zero attached hydrogens (tertiary/aromatic N) is 2. The van der Waals surface area contributed by atoms with E-state index in [1.54, 1.807) is 16.7 Å². The van der Waals surface area contributed by atoms with Gasteiger partial charge in [0.05, 0.1) is 16.7 Å². The maximum absolute atomic E-state index is 13.1. The quantitative estimate of drug-likeness (QED) is 0.193. The summed E-state index contributed by atoms with van der Waals surface area (Å²) >= 11 is 4.60. The maximum atomic E-state index is 13.1. The van der Waals surface area contributed by atoms with Crippen LogP contribution in [0.2, 0.25) is 0 Å². The van der Waals surface area contributed by atoms with Crippen LogP contribution in [0.15, 0.2) is 56.9 Å². The maximum Gasteiger partial charge on any atom is 0.262 e. The number of ether oxygens (including phenoxy) is 1. The van der Waals surface area contributed by atoms with Crippen molar-refractivity contribution in [2.75, 3.05) is 19.0 Å². The Morgan fingerprint density at radius 1 is 1.24 bits per heavy atom. The summed E-state index contributed by atoms with van der Waals surface area (Å²) in [6.45, 7) is 3.52. The fraction of sp³-hybridized carbons (Fsp3) is 0.286. The molecule has 1 aromatic heterocycles. The molecule has 0 amide bonds. The molecule has 0 fully saturated rings. The highest BCUT2D eigenvalue weighted by Gasteiger charge is 2.14. The minimum absolute atomic E-state index is 0.103. The van der Waals surface area contributed by atoms with E-state index in [1.807, 2.05) is 13.0 Å². The van der Waals surface area contributed by atoms with Crippen molar-refractivity contribution in [2.24, 2.45) is 0 Å². The third-order valence-corrected chi connectivity index (χ3v) is 5.72. The number of aromatic nitrogens is 2. The van der Waals surface area contributed by atoms with Gasteiger partial charge in [-0.25, -0.2) is 9.37 Å². The van der Waals surface area contributed by atoms with Crippen LogP contribution in [0.25, 0.3) is 10.9 Å². The lowest BCUT2D eigenvalue weighted by Crippen LogP contribution is -2.24. The third kappa shape index (κ3) is 5.52. The van der Waals surface area contributed by atoms with E-state index >= 15 is 0 Å². The number of carbonyl (C=O) groups is 1. The molecule has 2 aromatic carbocycles. The second-order valence-corrected chi connectivity index (χ2v) is 8.14. The molecule has 0 aliphatic carbocycles. The molecule has 0 saturated heterocycles. The lowest BCUT2D eigenvalue weighted by atomic mass is 10.1. The third-order valence-electron chi connectivity index (χ3n) is 4.25. The van der Waals surface area contributed by atoms with E-state index < -0.39 is 0 Å². The van der Waals surface area contributed by atoms with E-state index in [0.29, 0.717) is 47.8 Å². The van der Waals surface area contributed by atoms with Crippen molar-refractivity contribution in [2.45, 2.75) is 25.0 Å². The molecular formula is C21H20BrFN2O3S. The molecule has 0 atom stereocenters. The summed E-state index contributed by atoms with van der Waals surface area (Å²) in [7, 11) is 0. The smallest absolute Gasteiger partial charge is 0.262 e. The molecule has 0 radical (unpaired) electrons. The summed E-state index contributed by atoms with van der Waals surface area (Å²) in [6, 6.07) is 10.8. The van der Waals surface area contributed by atoms with Crippen molar-refractivity contribution in [3.8, 4) is 0 Å². The summed E-state index contributed by atoms with van der Waals surface area (Å²) < 4.78 is 20.8. The molecule has 1 heterocycles. The van der Waals surface area contributed by atoms with Crippen molar-refractivity contribution in [1.82, 2.24) is 9.55 Å². The van der Waals surface area contributed by atoms with Crippen LogP contribution in [-0.4, -0.2) is 34.3 Å². The van der Waals surface area contributed by atoms with Crippen molar-refractivity contribution in [3.05, 3.63) is 68.7 Å². The van der Waals surface area contributed by atoms with Crippen LogP contribution < -0.4 is 5.56 Å². The fourth-order valence-corrected chi connectivity index (χ4v) is 4.08. The molecule has 0 unspecified atom stereocenters. The van der Waals surface area contributed by atoms with Crippen molar-refractivity contribution < 1.29 is 13.9 Å². The van der Waals surface area contributed by atoms with Gasteiger partial charge in [0.2, 0.25) is 0 Å². The molecule has 3 aromatic rings. The van der Waals surface area contributed by atoms with Gasteiger partial charge in [0.1, 0.15) is 5.82 Å². The molecule has 8 heteroatoms. The molecule has 0 N–H and O–H groups in total. The number of halogens is 2. The molecule has 0 saturated carbocycles. The first-order valence-electron chi connectivity index (χ1n) is 9.19. The number of Topliss-reactive ketones (excluding diaryl/α,β-unsaturated/α-hetero) is 1. The van der Waals surface area contributed by atoms with Crippen LogP contribution in [0.5, 0.6) is 0 Å². The van der Waals surface area contributed by atoms with Crippen molar-refractivity contribution in [3.63, 3.8) is 0 Å². The van der Waals surface area contributed by atoms with E-state index in [0.717, 1.165) is 4.47 Å². The van der Waals surface area contributed by atoms with Crippen LogP contribution in [0, 0.1) is 5.82 Å². The molecule has 3 rings (SSSR count). The number of carbonyl (C=O) groups excluding carboxylic acids is 1. The summed E-state index contributed by atoms with van der Waals surface area (Å²) in [6.07, 6.45) is 0.661. The Balaban J connectivity index is 1.87. The van der Waals surface area contributed by atoms with Gasteiger partial charge >= 0.3 is 0 Å². The molecule has 0 bridgehead atoms. The number of hydrogen-bond acceptors (Lipinski definition) is 5. The molecule has 0 aliphatic heterocycles. The van der Waals surface area contributed by atoms with Gasteiger partial charge in [-0.15, -0.1) is 0 Å². The number of hydrogen-bond donors (Lipinski definition) is 0. The summed E-state index contributed by atoms with van der Waals surface area (Å²) in [5.41, 5.74) is 0.856. The van der Waals surface area contributed by atoms with E-state index in [-0.39, 0.29) is 22.9 Å². The second-order valence-electron chi connectivity index (χ2n) is 6.28. The summed E-state index contributed by atoms with van der Waals surface area (Å²) in [5.74, 6) is -0.438. The van der Waals surface area contributed by atoms with E-state index in [1.165, 1.54) is 36.0 Å². The topological polar surface area (TPSA) is 61.2 Å². The lowest BCUT2D eigenvalue weighted by Gasteiger charge is -2.13. The molecular weight excluding hydrogens is 459 g/mol. The van der Waals surface area contributed by atoms with Crippen LogP contribution in [-0.2, 0) is 11.3 Å². The minimum atomic E-state index is -0.389. The zero-order valence-electron chi connectivity index (χ0n) is 15.9. The predicted molar refractivity (Wildman–Crippen MR) is 116 cm³/mol. The van der Waals surface area contributed by atoms with Gasteiger partial charge in [0.25, 0.3) is 5.56 Å². The molecule has 0 spiro atoms. The standard InChI is InChI=1S/C21H20BrFN2O3S/c1-2-28-11-3-10-25-20(27)17-12-15(22)6-9-18(17)24-21(25)29-13-19(26)14-4-7-16(23)8-5-14/h4-9,12H,2-3,10-11,13H2,1H3. The Hall–Kier alpha value is -2.03. The lowest BCUT2D eigenvalue weighted by molar-refractivity contribution is 0.102. The Morgan fingerprint density at radius 2 is 2.00 bits per heavy atom. The Kier molecular flexibility index (Phi) is 7.57. The van der Waals surface area contributed by atoms with Crippen molar-refractivity contribution >= 4 is 44.4 Å². The zero-order valence-corrected chi connectivity index (χ0v) is 18.3. The van der Waals surface area contributed by atoms with Gasteiger partial charge in [-0.2, -0.15) is 0 Å². The predicted octanol–water partition coefficient (Wildman–Crippen LogP) is 4.70. The Morgan fingerprint density at radius 3 is 2.72 bits per heavy atom. The van der Waals surface area contributed by atoms with E-state index in [4.69, 9.17) is 4.74 Å². The molecule has 5 nitrogen and oxygen atoms in total. The average molecular weight is 479 g/mol. The van der Waals surface area contributed by atoms with Crippen molar-refractivity contribution in [1.29, 1.82) is 0 Å². The van der Waals surface area contributed by atoms with Crippen LogP contribution in [0.3, 0.4) is 0 Å². The number of rotatable bonds is 9. The first kappa shape index (κ1) is 21.7. The molecule has 29 heavy (non-hydrogen) atoms. The molecule has 152 valence electrons. The van der Waals surface area contributed by atoms with Gasteiger partial charge in [-0.1, -0.05) is 27.7 Å². The first-order valence-corrected chi connectivity index (χ1v) is 11.0. The van der Waals surface area contributed by atoms with Crippen LogP contribution in [0.1, 0.15) is 23.7 Å². The summed E-state index contributed by atoms with van der Waals surface area (Å²) in [4.78, 5) is 30.1. The normalized spacial score (nSPS) is 11.1. The van der Waals surface area contributed by atoms with Gasteiger partial charge in [-0.05, 0) is 55.8 Å².